The van der Waals surface area contributed by atoms with Crippen LogP contribution in [0.5, 0.6) is 0 Å². The van der Waals surface area contributed by atoms with Gasteiger partial charge in [0.25, 0.3) is 0 Å². The summed E-state index contributed by atoms with van der Waals surface area (Å²) in [5.74, 6) is 0. The van der Waals surface area contributed by atoms with Gasteiger partial charge in [0, 0.05) is 5.41 Å². The van der Waals surface area contributed by atoms with E-state index in [9.17, 15) is 4.79 Å². The van der Waals surface area contributed by atoms with E-state index < -0.39 is 0 Å². The molecule has 1 nitrogen and oxygen atoms in total. The summed E-state index contributed by atoms with van der Waals surface area (Å²) in [4.78, 5) is 10.4. The number of carbonyl (C=O) groups excluding carboxylic acids is 1. The molecule has 0 spiro atoms. The van der Waals surface area contributed by atoms with Gasteiger partial charge in [0.1, 0.15) is 6.29 Å². The van der Waals surface area contributed by atoms with E-state index in [0.29, 0.717) is 0 Å². The molecule has 0 aromatic carbocycles. The lowest BCUT2D eigenvalue weighted by molar-refractivity contribution is -0.115. The van der Waals surface area contributed by atoms with Gasteiger partial charge in [0.05, 0.1) is 0 Å². The number of hydrogen-bond donors (Lipinski definition) is 0. The van der Waals surface area contributed by atoms with Gasteiger partial charge < -0.3 is 4.79 Å². The highest BCUT2D eigenvalue weighted by Crippen LogP contribution is 2.19. The van der Waals surface area contributed by atoms with Crippen molar-refractivity contribution in [2.45, 2.75) is 33.1 Å². The van der Waals surface area contributed by atoms with E-state index >= 15 is 0 Å². The summed E-state index contributed by atoms with van der Waals surface area (Å²) in [6, 6.07) is 0. The van der Waals surface area contributed by atoms with Crippen molar-refractivity contribution in [2.24, 2.45) is 5.41 Å². The maximum atomic E-state index is 10.4. The summed E-state index contributed by atoms with van der Waals surface area (Å²) in [5, 5.41) is 0. The molecule has 0 atom stereocenters. The average Bonchev–Trinajstić information content (AvgIpc) is 1.89. The Labute approximate surface area is 63.1 Å². The van der Waals surface area contributed by atoms with Gasteiger partial charge in [-0.2, -0.15) is 0 Å². The molecule has 0 aliphatic carbocycles. The van der Waals surface area contributed by atoms with Crippen LogP contribution in [0.25, 0.3) is 0 Å². The van der Waals surface area contributed by atoms with Gasteiger partial charge in [-0.25, -0.2) is 0 Å². The number of carbonyl (C=O) groups is 1. The summed E-state index contributed by atoms with van der Waals surface area (Å²) < 4.78 is 0. The van der Waals surface area contributed by atoms with E-state index in [-0.39, 0.29) is 5.41 Å². The van der Waals surface area contributed by atoms with Gasteiger partial charge >= 0.3 is 0 Å². The normalized spacial score (nSPS) is 11.0. The first-order valence-corrected chi connectivity index (χ1v) is 3.69. The number of hydrogen-bond acceptors (Lipinski definition) is 1. The first-order chi connectivity index (χ1) is 4.62. The smallest absolute Gasteiger partial charge is 0.125 e. The van der Waals surface area contributed by atoms with Gasteiger partial charge in [-0.3, -0.25) is 0 Å². The summed E-state index contributed by atoms with van der Waals surface area (Å²) in [6.07, 6.45) is 5.95. The molecule has 0 saturated carbocycles. The van der Waals surface area contributed by atoms with Crippen LogP contribution >= 0.6 is 0 Å². The second-order valence-corrected chi connectivity index (χ2v) is 3.29. The Bertz CT molecular complexity index is 114. The summed E-state index contributed by atoms with van der Waals surface area (Å²) in [7, 11) is 0. The topological polar surface area (TPSA) is 17.1 Å². The van der Waals surface area contributed by atoms with E-state index in [1.165, 1.54) is 0 Å². The molecule has 58 valence electrons. The van der Waals surface area contributed by atoms with E-state index in [1.807, 2.05) is 19.9 Å². The van der Waals surface area contributed by atoms with Crippen LogP contribution in [-0.4, -0.2) is 6.29 Å². The number of allylic oxidation sites excluding steroid dienone is 1. The maximum Gasteiger partial charge on any atom is 0.125 e. The minimum Gasteiger partial charge on any atom is -0.303 e. The Morgan fingerprint density at radius 3 is 2.50 bits per heavy atom. The molecule has 0 rings (SSSR count). The second-order valence-electron chi connectivity index (χ2n) is 3.29. The Hall–Kier alpha value is -0.590. The van der Waals surface area contributed by atoms with Crippen molar-refractivity contribution in [1.29, 1.82) is 0 Å². The van der Waals surface area contributed by atoms with Gasteiger partial charge in [0.2, 0.25) is 0 Å². The molecule has 0 amide bonds. The molecule has 0 radical (unpaired) electrons. The maximum absolute atomic E-state index is 10.4. The Morgan fingerprint density at radius 1 is 1.50 bits per heavy atom. The zero-order valence-corrected chi connectivity index (χ0v) is 6.89. The fourth-order valence-corrected chi connectivity index (χ4v) is 0.761. The fraction of sp³-hybridized carbons (Fsp3) is 0.667. The first kappa shape index (κ1) is 9.41. The molecule has 0 aromatic heterocycles. The highest BCUT2D eigenvalue weighted by molar-refractivity contribution is 5.57. The monoisotopic (exact) mass is 140 g/mol. The third-order valence-corrected chi connectivity index (χ3v) is 1.55. The largest absolute Gasteiger partial charge is 0.303 e. The first-order valence-electron chi connectivity index (χ1n) is 3.69. The molecule has 0 saturated heterocycles. The van der Waals surface area contributed by atoms with Crippen molar-refractivity contribution in [2.75, 3.05) is 0 Å². The highest BCUT2D eigenvalue weighted by atomic mass is 16.1. The van der Waals surface area contributed by atoms with E-state index in [2.05, 4.69) is 6.58 Å². The standard InChI is InChI=1S/C9H16O/c1-4-5-6-7-9(2,3)8-10/h4,8H,1,5-7H2,2-3H3. The molecule has 1 heteroatoms. The molecule has 0 aliphatic rings. The third-order valence-electron chi connectivity index (χ3n) is 1.55. The van der Waals surface area contributed by atoms with E-state index in [0.717, 1.165) is 25.5 Å². The molecule has 0 bridgehead atoms. The molecule has 0 aromatic rings. The van der Waals surface area contributed by atoms with Crippen molar-refractivity contribution in [1.82, 2.24) is 0 Å². The predicted octanol–water partition coefficient (Wildman–Crippen LogP) is 2.57. The van der Waals surface area contributed by atoms with Crippen molar-refractivity contribution in [3.63, 3.8) is 0 Å². The highest BCUT2D eigenvalue weighted by Gasteiger charge is 2.14. The Kier molecular flexibility index (Phi) is 4.01. The Morgan fingerprint density at radius 2 is 2.10 bits per heavy atom. The van der Waals surface area contributed by atoms with Crippen LogP contribution in [0.3, 0.4) is 0 Å². The lowest BCUT2D eigenvalue weighted by atomic mass is 9.89. The van der Waals surface area contributed by atoms with Gasteiger partial charge in [0.15, 0.2) is 0 Å². The number of aldehydes is 1. The van der Waals surface area contributed by atoms with Crippen LogP contribution in [0.1, 0.15) is 33.1 Å². The van der Waals surface area contributed by atoms with Crippen molar-refractivity contribution >= 4 is 6.29 Å². The Balaban J connectivity index is 3.46. The summed E-state index contributed by atoms with van der Waals surface area (Å²) in [6.45, 7) is 7.54. The second kappa shape index (κ2) is 4.26. The number of rotatable bonds is 5. The summed E-state index contributed by atoms with van der Waals surface area (Å²) >= 11 is 0. The molecule has 0 unspecified atom stereocenters. The van der Waals surface area contributed by atoms with Crippen LogP contribution in [0.2, 0.25) is 0 Å². The SMILES string of the molecule is C=CCCCC(C)(C)C=O. The quantitative estimate of drug-likeness (QED) is 0.326. The molecule has 0 aliphatic heterocycles. The lowest BCUT2D eigenvalue weighted by Crippen LogP contribution is -2.11. The average molecular weight is 140 g/mol. The van der Waals surface area contributed by atoms with Gasteiger partial charge in [-0.1, -0.05) is 19.9 Å². The van der Waals surface area contributed by atoms with Gasteiger partial charge in [-0.05, 0) is 19.3 Å². The van der Waals surface area contributed by atoms with Crippen LogP contribution in [-0.2, 0) is 4.79 Å². The summed E-state index contributed by atoms with van der Waals surface area (Å²) in [5.41, 5.74) is -0.136. The van der Waals surface area contributed by atoms with Crippen LogP contribution in [0, 0.1) is 5.41 Å². The molecular weight excluding hydrogens is 124 g/mol. The minimum atomic E-state index is -0.136. The zero-order chi connectivity index (χ0) is 8.04. The predicted molar refractivity (Wildman–Crippen MR) is 43.9 cm³/mol. The lowest BCUT2D eigenvalue weighted by Gasteiger charge is -2.14. The molecule has 0 heterocycles. The van der Waals surface area contributed by atoms with Crippen molar-refractivity contribution in [3.8, 4) is 0 Å². The van der Waals surface area contributed by atoms with Crippen molar-refractivity contribution < 1.29 is 4.79 Å². The minimum absolute atomic E-state index is 0.136. The third kappa shape index (κ3) is 4.30. The van der Waals surface area contributed by atoms with E-state index in [1.54, 1.807) is 0 Å². The van der Waals surface area contributed by atoms with Crippen LogP contribution in [0.4, 0.5) is 0 Å². The van der Waals surface area contributed by atoms with E-state index in [4.69, 9.17) is 0 Å². The molecule has 0 N–H and O–H groups in total. The molecular formula is C9H16O. The number of unbranched alkanes of at least 4 members (excludes halogenated alkanes) is 1. The molecule has 10 heavy (non-hydrogen) atoms. The molecule has 0 fully saturated rings. The van der Waals surface area contributed by atoms with Gasteiger partial charge in [-0.15, -0.1) is 6.58 Å². The van der Waals surface area contributed by atoms with Crippen molar-refractivity contribution in [3.05, 3.63) is 12.7 Å². The zero-order valence-electron chi connectivity index (χ0n) is 6.89. The van der Waals surface area contributed by atoms with Crippen LogP contribution in [0.15, 0.2) is 12.7 Å². The van der Waals surface area contributed by atoms with Crippen LogP contribution < -0.4 is 0 Å². The fourth-order valence-electron chi connectivity index (χ4n) is 0.761.